The van der Waals surface area contributed by atoms with Crippen LogP contribution in [0.3, 0.4) is 0 Å². The van der Waals surface area contributed by atoms with Crippen LogP contribution in [0.15, 0.2) is 348 Å². The number of rotatable bonds is 14. The predicted molar refractivity (Wildman–Crippen MR) is 612 cm³/mol. The smallest absolute Gasteiger partial charge is 0.160 e. The topological polar surface area (TPSA) is 91.8 Å². The molecule has 0 saturated heterocycles. The highest BCUT2D eigenvalue weighted by Crippen LogP contribution is 2.64. The lowest BCUT2D eigenvalue weighted by atomic mass is 9.79. The molecule has 0 atom stereocenters. The molecule has 0 unspecified atom stereocenters. The van der Waals surface area contributed by atoms with E-state index in [2.05, 4.69) is 480 Å². The van der Waals surface area contributed by atoms with Gasteiger partial charge in [-0.25, -0.2) is 0 Å². The lowest BCUT2D eigenvalue weighted by Crippen LogP contribution is -2.18. The van der Waals surface area contributed by atoms with Crippen LogP contribution in [0.1, 0.15) is 194 Å². The molecule has 10 heteroatoms. The van der Waals surface area contributed by atoms with Crippen LogP contribution in [0.5, 0.6) is 0 Å². The normalized spacial score (nSPS) is 13.7. The van der Waals surface area contributed by atoms with Gasteiger partial charge in [-0.05, 0) is 292 Å². The summed E-state index contributed by atoms with van der Waals surface area (Å²) >= 11 is 0. The zero-order valence-electron chi connectivity index (χ0n) is 87.0. The van der Waals surface area contributed by atoms with E-state index in [1.165, 1.54) is 72.3 Å². The number of para-hydroxylation sites is 3. The summed E-state index contributed by atoms with van der Waals surface area (Å²) in [5.74, 6) is 0. The Morgan fingerprint density at radius 1 is 0.219 bits per heavy atom. The molecule has 6 heterocycles. The Labute approximate surface area is 851 Å². The summed E-state index contributed by atoms with van der Waals surface area (Å²) in [5.41, 5.74) is 43.2. The van der Waals surface area contributed by atoms with Gasteiger partial charge in [0.15, 0.2) is 11.2 Å². The summed E-state index contributed by atoms with van der Waals surface area (Å²) in [4.78, 5) is 9.68. The van der Waals surface area contributed by atoms with Crippen LogP contribution in [0.2, 0.25) is 0 Å². The minimum atomic E-state index is -0.533. The maximum absolute atomic E-state index is 7.81. The van der Waals surface area contributed by atoms with Crippen LogP contribution >= 0.6 is 0 Å². The number of anilines is 12. The Morgan fingerprint density at radius 2 is 0.534 bits per heavy atom. The zero-order chi connectivity index (χ0) is 100. The number of nitrogens with zero attached hydrogens (tertiary/aromatic N) is 4. The van der Waals surface area contributed by atoms with E-state index < -0.39 is 10.8 Å². The van der Waals surface area contributed by atoms with Gasteiger partial charge in [0.2, 0.25) is 0 Å². The van der Waals surface area contributed by atoms with Gasteiger partial charge >= 0.3 is 0 Å². The molecule has 2 aliphatic rings. The molecule has 18 aromatic carbocycles. The average molecular weight is 1900 g/mol. The Hall–Kier alpha value is -16.0. The molecule has 0 radical (unpaired) electrons. The monoisotopic (exact) mass is 1900 g/mol. The van der Waals surface area contributed by atoms with Crippen molar-refractivity contribution in [2.45, 2.75) is 184 Å². The average Bonchev–Trinajstić information content (AvgIpc) is 1.51. The fourth-order valence-corrected chi connectivity index (χ4v) is 24.2. The minimum Gasteiger partial charge on any atom is -0.456 e. The molecular formula is C136H118N4O6. The first-order valence-electron chi connectivity index (χ1n) is 51.6. The van der Waals surface area contributed by atoms with Gasteiger partial charge < -0.3 is 46.1 Å². The summed E-state index contributed by atoms with van der Waals surface area (Å²) < 4.78 is 44.5. The van der Waals surface area contributed by atoms with Gasteiger partial charge in [0, 0.05) is 133 Å². The van der Waals surface area contributed by atoms with E-state index in [9.17, 15) is 0 Å². The first-order valence-corrected chi connectivity index (χ1v) is 51.6. The van der Waals surface area contributed by atoms with E-state index in [1.54, 1.807) is 0 Å². The molecule has 0 bridgehead atoms. The maximum Gasteiger partial charge on any atom is 0.160 e. The van der Waals surface area contributed by atoms with Gasteiger partial charge in [0.1, 0.15) is 55.8 Å². The van der Waals surface area contributed by atoms with Gasteiger partial charge in [-0.3, -0.25) is 0 Å². The van der Waals surface area contributed by atoms with Crippen molar-refractivity contribution in [2.24, 2.45) is 0 Å². The molecule has 0 N–H and O–H groups in total. The number of benzene rings is 18. The van der Waals surface area contributed by atoms with Gasteiger partial charge in [0.25, 0.3) is 0 Å². The second-order valence-corrected chi connectivity index (χ2v) is 46.7. The standard InChI is InChI=1S/C136H118N4O6/c1-76-34-49-91(50-35-76)139(105-61-38-78(3)64-79(105)4)109-74-117-123(125-94-29-23-26-32-112(94)143-127(109)125)99-70-116-100(71-115(99)141-117)124-118(142-116)75-110(128-126(124)95-30-24-27-33-113(95)144-128)140(92-51-36-77(2)37-52-92)106-62-39-81(65-80(106)5)66-82-40-63-114-98(67-82)122-108(138(89-57-45-85(46-58-89)133(12,13)14)90-59-47-86(48-60-90)134(15,16)17)73-104-120(130(122)146-114)97-69-101-96(68-102(97)136(104,20)21)119-103(135(101,18)19)72-107(121-93-28-22-25-31-111(93)145-129(119)121)137(87-53-41-83(42-54-87)131(6,7)8)88-55-43-84(44-56-88)132(9,10)11/h22-65,67-75H,66H2,1-21H3. The lowest BCUT2D eigenvalue weighted by Gasteiger charge is -2.30. The van der Waals surface area contributed by atoms with E-state index >= 15 is 0 Å². The lowest BCUT2D eigenvalue weighted by molar-refractivity contribution is 0.590. The fourth-order valence-electron chi connectivity index (χ4n) is 24.2. The SMILES string of the molecule is Cc1ccc(N(c2ccc(C)cc2C)c2cc3oc4cc5c(cc4c3c3c2oc2ccccc23)oc2cc(N(c3ccc(C)cc3)c3ccc(Cc4ccc6oc7c8c(cc(N(c9ccc(C(C)(C)C)cc9)c9ccc(C(C)(C)C)cc9)c7c6c4)C(C)(C)c4cc6c(cc4-8)C(C)(C)c4cc(N(c7ccc(C(C)(C)C)cc7)c7ccc(C(C)(C)C)cc7)c7c(oc8ccccc87)c4-6)cc3C)c3oc4ccccc4c3c25)cc1. The minimum absolute atomic E-state index is 0.0325. The molecular weight excluding hydrogens is 1790 g/mol. The van der Waals surface area contributed by atoms with Crippen molar-refractivity contribution in [3.63, 3.8) is 0 Å². The number of furan rings is 6. The molecule has 6 aromatic heterocycles. The zero-order valence-corrected chi connectivity index (χ0v) is 87.0. The molecule has 0 amide bonds. The van der Waals surface area contributed by atoms with Crippen LogP contribution in [-0.2, 0) is 38.9 Å². The molecule has 0 saturated carbocycles. The molecule has 24 aromatic rings. The highest BCUT2D eigenvalue weighted by molar-refractivity contribution is 6.34. The number of aryl methyl sites for hydroxylation is 5. The van der Waals surface area contributed by atoms with Crippen LogP contribution in [-0.4, -0.2) is 0 Å². The van der Waals surface area contributed by atoms with Crippen molar-refractivity contribution in [1.82, 2.24) is 0 Å². The van der Waals surface area contributed by atoms with Crippen LogP contribution in [0, 0.1) is 34.6 Å². The van der Waals surface area contributed by atoms with E-state index in [1.807, 2.05) is 6.07 Å². The third-order valence-electron chi connectivity index (χ3n) is 32.1. The van der Waals surface area contributed by atoms with E-state index in [0.717, 1.165) is 233 Å². The third-order valence-corrected chi connectivity index (χ3v) is 32.1. The summed E-state index contributed by atoms with van der Waals surface area (Å²) in [5, 5.41) is 12.0. The van der Waals surface area contributed by atoms with Gasteiger partial charge in [-0.15, -0.1) is 0 Å². The van der Waals surface area contributed by atoms with Crippen molar-refractivity contribution >= 4 is 200 Å². The third kappa shape index (κ3) is 14.0. The van der Waals surface area contributed by atoms with Crippen molar-refractivity contribution in [3.8, 4) is 22.3 Å². The molecule has 2 aliphatic carbocycles. The van der Waals surface area contributed by atoms with Crippen LogP contribution in [0.4, 0.5) is 68.2 Å². The Bertz CT molecular complexity index is 9480. The number of hydrogen-bond donors (Lipinski definition) is 0. The van der Waals surface area contributed by atoms with Gasteiger partial charge in [-0.2, -0.15) is 0 Å². The number of hydrogen-bond acceptors (Lipinski definition) is 10. The van der Waals surface area contributed by atoms with Gasteiger partial charge in [-0.1, -0.05) is 285 Å². The van der Waals surface area contributed by atoms with Crippen molar-refractivity contribution < 1.29 is 26.5 Å². The summed E-state index contributed by atoms with van der Waals surface area (Å²) in [7, 11) is 0. The first-order chi connectivity index (χ1) is 69.9. The van der Waals surface area contributed by atoms with Gasteiger partial charge in [0.05, 0.1) is 33.5 Å². The van der Waals surface area contributed by atoms with Crippen LogP contribution in [0.25, 0.3) is 154 Å². The molecule has 146 heavy (non-hydrogen) atoms. The van der Waals surface area contributed by atoms with E-state index in [0.29, 0.717) is 6.42 Å². The van der Waals surface area contributed by atoms with Crippen molar-refractivity contribution in [3.05, 3.63) is 405 Å². The predicted octanol–water partition coefficient (Wildman–Crippen LogP) is 39.9. The largest absolute Gasteiger partial charge is 0.456 e. The Balaban J connectivity index is 0.625. The molecule has 0 fully saturated rings. The molecule has 0 aliphatic heterocycles. The maximum atomic E-state index is 7.81. The van der Waals surface area contributed by atoms with Crippen molar-refractivity contribution in [2.75, 3.05) is 19.6 Å². The van der Waals surface area contributed by atoms with E-state index in [4.69, 9.17) is 26.5 Å². The highest BCUT2D eigenvalue weighted by Gasteiger charge is 2.47. The highest BCUT2D eigenvalue weighted by atomic mass is 16.4. The second kappa shape index (κ2) is 32.0. The summed E-state index contributed by atoms with van der Waals surface area (Å²) in [6.45, 7) is 48.1. The fraction of sp³-hybridized carbons (Fsp3) is 0.206. The molecule has 0 spiro atoms. The second-order valence-electron chi connectivity index (χ2n) is 46.7. The summed E-state index contributed by atoms with van der Waals surface area (Å²) in [6, 6.07) is 120. The first kappa shape index (κ1) is 90.0. The molecule has 10 nitrogen and oxygen atoms in total. The Morgan fingerprint density at radius 3 is 0.918 bits per heavy atom. The summed E-state index contributed by atoms with van der Waals surface area (Å²) in [6.07, 6.45) is 0.642. The Kier molecular flexibility index (Phi) is 19.7. The van der Waals surface area contributed by atoms with Crippen LogP contribution < -0.4 is 19.6 Å². The molecule has 26 rings (SSSR count). The quantitative estimate of drug-likeness (QED) is 0.105. The van der Waals surface area contributed by atoms with E-state index in [-0.39, 0.29) is 21.7 Å². The molecule has 718 valence electrons. The number of fused-ring (bicyclic) bond motifs is 28. The van der Waals surface area contributed by atoms with Crippen molar-refractivity contribution in [1.29, 1.82) is 0 Å².